The fourth-order valence-corrected chi connectivity index (χ4v) is 4.56. The molecule has 3 rings (SSSR count). The Morgan fingerprint density at radius 3 is 2.40 bits per heavy atom. The summed E-state index contributed by atoms with van der Waals surface area (Å²) in [4.78, 5) is 36.9. The van der Waals surface area contributed by atoms with Gasteiger partial charge in [-0.25, -0.2) is 4.79 Å². The maximum Gasteiger partial charge on any atom is 0.326 e. The number of nitrogens with one attached hydrogen (secondary N) is 2. The third-order valence-electron chi connectivity index (χ3n) is 6.12. The van der Waals surface area contributed by atoms with Crippen LogP contribution in [0.25, 0.3) is 11.1 Å². The van der Waals surface area contributed by atoms with Gasteiger partial charge in [-0.2, -0.15) is 0 Å². The molecular weight excluding hydrogens is 452 g/mol. The second-order valence-corrected chi connectivity index (χ2v) is 8.42. The van der Waals surface area contributed by atoms with Crippen LogP contribution < -0.4 is 30.3 Å². The highest BCUT2D eigenvalue weighted by molar-refractivity contribution is 5.84. The van der Waals surface area contributed by atoms with Gasteiger partial charge in [0.2, 0.25) is 17.1 Å². The summed E-state index contributed by atoms with van der Waals surface area (Å²) in [7, 11) is 4.60. The van der Waals surface area contributed by atoms with Gasteiger partial charge in [0, 0.05) is 12.5 Å². The van der Waals surface area contributed by atoms with Crippen LogP contribution in [0.3, 0.4) is 0 Å². The Labute approximate surface area is 204 Å². The summed E-state index contributed by atoms with van der Waals surface area (Å²) in [5.74, 6) is 0.131. The van der Waals surface area contributed by atoms with Crippen molar-refractivity contribution in [3.63, 3.8) is 0 Å². The SMILES string of the molecule is CCCC(Nc1ccc2c(cc1=O)[C@@H](NC(C)=O)CCc1cc(OC)c(OC)c(OC)c1-2)C(=O)O. The molecule has 0 saturated heterocycles. The average Bonchev–Trinajstić information content (AvgIpc) is 3.06. The van der Waals surface area contributed by atoms with E-state index in [0.29, 0.717) is 54.1 Å². The average molecular weight is 485 g/mol. The van der Waals surface area contributed by atoms with E-state index in [4.69, 9.17) is 14.2 Å². The Bertz CT molecular complexity index is 1180. The number of carbonyl (C=O) groups is 2. The zero-order chi connectivity index (χ0) is 25.7. The Kier molecular flexibility index (Phi) is 8.22. The number of hydrogen-bond acceptors (Lipinski definition) is 7. The van der Waals surface area contributed by atoms with Crippen LogP contribution in [0, 0.1) is 0 Å². The third-order valence-corrected chi connectivity index (χ3v) is 6.12. The smallest absolute Gasteiger partial charge is 0.326 e. The fraction of sp³-hybridized carbons (Fsp3) is 0.423. The Morgan fingerprint density at radius 1 is 1.11 bits per heavy atom. The Balaban J connectivity index is 2.32. The van der Waals surface area contributed by atoms with E-state index in [1.165, 1.54) is 27.2 Å². The zero-order valence-corrected chi connectivity index (χ0v) is 20.7. The number of fused-ring (bicyclic) bond motifs is 3. The molecule has 1 unspecified atom stereocenters. The number of ether oxygens (including phenoxy) is 3. The van der Waals surface area contributed by atoms with Crippen LogP contribution in [-0.2, 0) is 16.0 Å². The quantitative estimate of drug-likeness (QED) is 0.494. The first kappa shape index (κ1) is 25.9. The summed E-state index contributed by atoms with van der Waals surface area (Å²) < 4.78 is 16.9. The summed E-state index contributed by atoms with van der Waals surface area (Å²) >= 11 is 0. The van der Waals surface area contributed by atoms with Crippen LogP contribution in [0.5, 0.6) is 17.2 Å². The predicted molar refractivity (Wildman–Crippen MR) is 133 cm³/mol. The number of carboxylic acid groups (broad SMARTS) is 1. The number of carbonyl (C=O) groups excluding carboxylic acids is 1. The highest BCUT2D eigenvalue weighted by atomic mass is 16.5. The summed E-state index contributed by atoms with van der Waals surface area (Å²) in [6.07, 6.45) is 2.14. The van der Waals surface area contributed by atoms with Crippen molar-refractivity contribution in [1.29, 1.82) is 0 Å². The molecule has 0 aliphatic heterocycles. The number of hydrogen-bond donors (Lipinski definition) is 3. The van der Waals surface area contributed by atoms with E-state index in [9.17, 15) is 19.5 Å². The maximum absolute atomic E-state index is 13.2. The molecule has 0 spiro atoms. The van der Waals surface area contributed by atoms with Gasteiger partial charge in [0.15, 0.2) is 11.5 Å². The first-order chi connectivity index (χ1) is 16.7. The lowest BCUT2D eigenvalue weighted by Crippen LogP contribution is -2.31. The minimum atomic E-state index is -1.03. The molecule has 9 heteroatoms. The molecule has 0 saturated carbocycles. The molecule has 35 heavy (non-hydrogen) atoms. The molecule has 0 radical (unpaired) electrons. The number of aryl methyl sites for hydroxylation is 1. The van der Waals surface area contributed by atoms with Crippen molar-refractivity contribution >= 4 is 17.6 Å². The second-order valence-electron chi connectivity index (χ2n) is 8.42. The van der Waals surface area contributed by atoms with E-state index in [2.05, 4.69) is 10.6 Å². The lowest BCUT2D eigenvalue weighted by atomic mass is 9.95. The molecular formula is C26H32N2O7. The summed E-state index contributed by atoms with van der Waals surface area (Å²) in [5, 5.41) is 15.4. The summed E-state index contributed by atoms with van der Waals surface area (Å²) in [6.45, 7) is 3.31. The molecule has 3 N–H and O–H groups in total. The van der Waals surface area contributed by atoms with Crippen molar-refractivity contribution in [2.75, 3.05) is 26.6 Å². The maximum atomic E-state index is 13.2. The van der Waals surface area contributed by atoms with Gasteiger partial charge >= 0.3 is 5.97 Å². The lowest BCUT2D eigenvalue weighted by molar-refractivity contribution is -0.138. The number of benzene rings is 1. The zero-order valence-electron chi connectivity index (χ0n) is 20.7. The summed E-state index contributed by atoms with van der Waals surface area (Å²) in [6, 6.07) is 5.36. The minimum Gasteiger partial charge on any atom is -0.493 e. The van der Waals surface area contributed by atoms with E-state index in [0.717, 1.165) is 11.1 Å². The monoisotopic (exact) mass is 484 g/mol. The van der Waals surface area contributed by atoms with Crippen LogP contribution in [0.2, 0.25) is 0 Å². The number of carboxylic acids is 1. The highest BCUT2D eigenvalue weighted by Gasteiger charge is 2.29. The van der Waals surface area contributed by atoms with E-state index < -0.39 is 18.1 Å². The number of aliphatic carboxylic acids is 1. The van der Waals surface area contributed by atoms with Gasteiger partial charge in [-0.05, 0) is 54.2 Å². The molecule has 2 aromatic rings. The van der Waals surface area contributed by atoms with Crippen molar-refractivity contribution in [1.82, 2.24) is 5.32 Å². The fourth-order valence-electron chi connectivity index (χ4n) is 4.56. The van der Waals surface area contributed by atoms with Gasteiger partial charge in [-0.3, -0.25) is 9.59 Å². The lowest BCUT2D eigenvalue weighted by Gasteiger charge is -2.19. The molecule has 9 nitrogen and oxygen atoms in total. The number of rotatable bonds is 9. The second kappa shape index (κ2) is 11.1. The molecule has 0 heterocycles. The van der Waals surface area contributed by atoms with Gasteiger partial charge in [0.05, 0.1) is 33.1 Å². The van der Waals surface area contributed by atoms with Crippen LogP contribution in [0.4, 0.5) is 5.69 Å². The molecule has 0 aromatic heterocycles. The molecule has 1 aliphatic rings. The van der Waals surface area contributed by atoms with Crippen molar-refractivity contribution in [3.8, 4) is 28.4 Å². The van der Waals surface area contributed by atoms with Crippen LogP contribution in [0.1, 0.15) is 50.3 Å². The third kappa shape index (κ3) is 5.34. The Morgan fingerprint density at radius 2 is 1.83 bits per heavy atom. The largest absolute Gasteiger partial charge is 0.493 e. The molecule has 0 bridgehead atoms. The number of amides is 1. The van der Waals surface area contributed by atoms with Gasteiger partial charge in [0.25, 0.3) is 0 Å². The Hall–Kier alpha value is -3.75. The predicted octanol–water partition coefficient (Wildman–Crippen LogP) is 3.53. The standard InChI is InChI=1S/C26H32N2O7/c1-6-7-20(26(31)32)28-19-11-9-16-17(13-21(19)30)18(27-14(2)29)10-8-15-12-22(33-3)24(34-4)25(35-5)23(15)16/h9,11-13,18,20H,6-8,10H2,1-5H3,(H,27,29)(H,28,30)(H,31,32)/t18-,20?/m0/s1. The minimum absolute atomic E-state index is 0.168. The molecule has 2 atom stereocenters. The van der Waals surface area contributed by atoms with Crippen molar-refractivity contribution < 1.29 is 28.9 Å². The number of methoxy groups -OCH3 is 3. The van der Waals surface area contributed by atoms with Crippen molar-refractivity contribution in [2.24, 2.45) is 0 Å². The van der Waals surface area contributed by atoms with Gasteiger partial charge in [-0.1, -0.05) is 19.4 Å². The highest BCUT2D eigenvalue weighted by Crippen LogP contribution is 2.50. The molecule has 2 aromatic carbocycles. The first-order valence-electron chi connectivity index (χ1n) is 11.5. The number of anilines is 1. The normalized spacial score (nSPS) is 15.1. The van der Waals surface area contributed by atoms with Gasteiger partial charge in [-0.15, -0.1) is 0 Å². The molecule has 1 amide bonds. The van der Waals surface area contributed by atoms with Gasteiger partial charge in [0.1, 0.15) is 6.04 Å². The van der Waals surface area contributed by atoms with Crippen LogP contribution in [0.15, 0.2) is 29.1 Å². The summed E-state index contributed by atoms with van der Waals surface area (Å²) in [5.41, 5.74) is 2.74. The van der Waals surface area contributed by atoms with E-state index in [1.807, 2.05) is 13.0 Å². The van der Waals surface area contributed by atoms with E-state index >= 15 is 0 Å². The van der Waals surface area contributed by atoms with Gasteiger partial charge < -0.3 is 30.0 Å². The van der Waals surface area contributed by atoms with Crippen LogP contribution >= 0.6 is 0 Å². The topological polar surface area (TPSA) is 123 Å². The molecule has 1 aliphatic carbocycles. The first-order valence-corrected chi connectivity index (χ1v) is 11.5. The molecule has 0 fully saturated rings. The van der Waals surface area contributed by atoms with E-state index in [-0.39, 0.29) is 17.0 Å². The van der Waals surface area contributed by atoms with Crippen LogP contribution in [-0.4, -0.2) is 44.4 Å². The van der Waals surface area contributed by atoms with Crippen molar-refractivity contribution in [3.05, 3.63) is 45.6 Å². The molecule has 188 valence electrons. The van der Waals surface area contributed by atoms with E-state index in [1.54, 1.807) is 19.2 Å². The van der Waals surface area contributed by atoms with Crippen molar-refractivity contribution in [2.45, 2.75) is 51.6 Å².